The van der Waals surface area contributed by atoms with Crippen molar-refractivity contribution in [2.24, 2.45) is 0 Å². The number of anilines is 1. The second-order valence-electron chi connectivity index (χ2n) is 3.99. The molecule has 0 N–H and O–H groups in total. The highest BCUT2D eigenvalue weighted by atomic mass is 35.5. The van der Waals surface area contributed by atoms with E-state index in [9.17, 15) is 0 Å². The molecule has 3 heteroatoms. The number of rotatable bonds is 2. The molecule has 0 amide bonds. The molecule has 1 aliphatic heterocycles. The van der Waals surface area contributed by atoms with Crippen LogP contribution in [0.2, 0.25) is 10.0 Å². The Hall–Kier alpha value is -0.400. The molecule has 1 aliphatic rings. The van der Waals surface area contributed by atoms with Gasteiger partial charge in [-0.15, -0.1) is 0 Å². The molecule has 0 spiro atoms. The van der Waals surface area contributed by atoms with Crippen molar-refractivity contribution < 1.29 is 0 Å². The minimum Gasteiger partial charge on any atom is -0.367 e. The lowest BCUT2D eigenvalue weighted by Gasteiger charge is -2.26. The van der Waals surface area contributed by atoms with E-state index in [4.69, 9.17) is 23.2 Å². The van der Waals surface area contributed by atoms with E-state index in [0.29, 0.717) is 6.04 Å². The van der Waals surface area contributed by atoms with E-state index in [1.807, 2.05) is 18.2 Å². The Bertz CT molecular complexity index is 351. The molecule has 0 bridgehead atoms. The molecule has 0 saturated carbocycles. The third-order valence-corrected chi connectivity index (χ3v) is 3.62. The zero-order chi connectivity index (χ0) is 10.8. The van der Waals surface area contributed by atoms with Crippen molar-refractivity contribution in [3.8, 4) is 0 Å². The average Bonchev–Trinajstić information content (AvgIpc) is 2.69. The van der Waals surface area contributed by atoms with Gasteiger partial charge < -0.3 is 4.90 Å². The van der Waals surface area contributed by atoms with Gasteiger partial charge >= 0.3 is 0 Å². The third kappa shape index (κ3) is 2.24. The normalized spacial score (nSPS) is 21.0. The van der Waals surface area contributed by atoms with E-state index in [1.165, 1.54) is 19.3 Å². The summed E-state index contributed by atoms with van der Waals surface area (Å²) in [5, 5.41) is 1.57. The highest BCUT2D eigenvalue weighted by Gasteiger charge is 2.24. The molecule has 1 fully saturated rings. The van der Waals surface area contributed by atoms with E-state index in [0.717, 1.165) is 22.3 Å². The largest absolute Gasteiger partial charge is 0.367 e. The van der Waals surface area contributed by atoms with E-state index < -0.39 is 0 Å². The summed E-state index contributed by atoms with van der Waals surface area (Å²) >= 11 is 12.2. The number of halogens is 2. The van der Waals surface area contributed by atoms with Gasteiger partial charge in [-0.3, -0.25) is 0 Å². The lowest BCUT2D eigenvalue weighted by molar-refractivity contribution is 0.645. The second kappa shape index (κ2) is 4.63. The summed E-state index contributed by atoms with van der Waals surface area (Å²) < 4.78 is 0. The van der Waals surface area contributed by atoms with Crippen LogP contribution in [0.4, 0.5) is 5.69 Å². The number of nitrogens with zero attached hydrogens (tertiary/aromatic N) is 1. The van der Waals surface area contributed by atoms with Crippen molar-refractivity contribution >= 4 is 28.9 Å². The van der Waals surface area contributed by atoms with Crippen LogP contribution in [0, 0.1) is 0 Å². The van der Waals surface area contributed by atoms with Crippen LogP contribution in [-0.2, 0) is 0 Å². The fourth-order valence-electron chi connectivity index (χ4n) is 2.28. The summed E-state index contributed by atoms with van der Waals surface area (Å²) in [6.45, 7) is 3.32. The molecule has 1 unspecified atom stereocenters. The maximum Gasteiger partial charge on any atom is 0.0640 e. The summed E-state index contributed by atoms with van der Waals surface area (Å²) in [4.78, 5) is 2.38. The molecular formula is C12H15Cl2N. The highest BCUT2D eigenvalue weighted by molar-refractivity contribution is 6.35. The van der Waals surface area contributed by atoms with Gasteiger partial charge in [0.2, 0.25) is 0 Å². The van der Waals surface area contributed by atoms with E-state index in [-0.39, 0.29) is 0 Å². The van der Waals surface area contributed by atoms with Gasteiger partial charge in [-0.25, -0.2) is 0 Å². The molecule has 1 aromatic carbocycles. The average molecular weight is 244 g/mol. The van der Waals surface area contributed by atoms with Gasteiger partial charge in [-0.05, 0) is 37.5 Å². The standard InChI is InChI=1S/C12H15Cl2N/c1-2-10-4-3-7-15(10)12-8-9(13)5-6-11(12)14/h5-6,8,10H,2-4,7H2,1H3. The molecule has 0 aliphatic carbocycles. The van der Waals surface area contributed by atoms with Crippen LogP contribution in [-0.4, -0.2) is 12.6 Å². The quantitative estimate of drug-likeness (QED) is 0.746. The van der Waals surface area contributed by atoms with Crippen molar-refractivity contribution in [3.63, 3.8) is 0 Å². The monoisotopic (exact) mass is 243 g/mol. The smallest absolute Gasteiger partial charge is 0.0640 e. The Kier molecular flexibility index (Phi) is 3.42. The highest BCUT2D eigenvalue weighted by Crippen LogP contribution is 2.34. The second-order valence-corrected chi connectivity index (χ2v) is 4.84. The maximum absolute atomic E-state index is 6.20. The van der Waals surface area contributed by atoms with Crippen LogP contribution in [0.3, 0.4) is 0 Å². The lowest BCUT2D eigenvalue weighted by atomic mass is 10.1. The fraction of sp³-hybridized carbons (Fsp3) is 0.500. The summed E-state index contributed by atoms with van der Waals surface area (Å²) in [6, 6.07) is 6.31. The zero-order valence-corrected chi connectivity index (χ0v) is 10.4. The molecule has 0 aromatic heterocycles. The summed E-state index contributed by atoms with van der Waals surface area (Å²) in [6.07, 6.45) is 3.68. The first-order chi connectivity index (χ1) is 7.22. The molecule has 1 nitrogen and oxygen atoms in total. The van der Waals surface area contributed by atoms with Crippen molar-refractivity contribution in [2.75, 3.05) is 11.4 Å². The summed E-state index contributed by atoms with van der Waals surface area (Å²) in [5.74, 6) is 0. The van der Waals surface area contributed by atoms with Gasteiger partial charge in [-0.2, -0.15) is 0 Å². The molecule has 1 aromatic rings. The molecule has 15 heavy (non-hydrogen) atoms. The van der Waals surface area contributed by atoms with E-state index in [1.54, 1.807) is 0 Å². The van der Waals surface area contributed by atoms with Crippen LogP contribution < -0.4 is 4.90 Å². The molecular weight excluding hydrogens is 229 g/mol. The first kappa shape index (κ1) is 11.1. The van der Waals surface area contributed by atoms with Crippen LogP contribution in [0.5, 0.6) is 0 Å². The van der Waals surface area contributed by atoms with Crippen molar-refractivity contribution in [2.45, 2.75) is 32.2 Å². The fourth-order valence-corrected chi connectivity index (χ4v) is 2.68. The minimum absolute atomic E-state index is 0.626. The first-order valence-electron chi connectivity index (χ1n) is 5.44. The van der Waals surface area contributed by atoms with Crippen molar-refractivity contribution in [3.05, 3.63) is 28.2 Å². The summed E-state index contributed by atoms with van der Waals surface area (Å²) in [5.41, 5.74) is 1.09. The van der Waals surface area contributed by atoms with Crippen LogP contribution in [0.25, 0.3) is 0 Å². The predicted molar refractivity (Wildman–Crippen MR) is 67.1 cm³/mol. The Morgan fingerprint density at radius 1 is 1.40 bits per heavy atom. The van der Waals surface area contributed by atoms with E-state index >= 15 is 0 Å². The third-order valence-electron chi connectivity index (χ3n) is 3.07. The Balaban J connectivity index is 2.31. The SMILES string of the molecule is CCC1CCCN1c1cc(Cl)ccc1Cl. The Morgan fingerprint density at radius 2 is 2.20 bits per heavy atom. The maximum atomic E-state index is 6.20. The van der Waals surface area contributed by atoms with Gasteiger partial charge in [0.1, 0.15) is 0 Å². The zero-order valence-electron chi connectivity index (χ0n) is 8.84. The van der Waals surface area contributed by atoms with Crippen LogP contribution in [0.1, 0.15) is 26.2 Å². The summed E-state index contributed by atoms with van der Waals surface area (Å²) in [7, 11) is 0. The van der Waals surface area contributed by atoms with Crippen molar-refractivity contribution in [1.29, 1.82) is 0 Å². The first-order valence-corrected chi connectivity index (χ1v) is 6.19. The molecule has 0 radical (unpaired) electrons. The number of hydrogen-bond acceptors (Lipinski definition) is 1. The predicted octanol–water partition coefficient (Wildman–Crippen LogP) is 4.37. The van der Waals surface area contributed by atoms with Crippen LogP contribution >= 0.6 is 23.2 Å². The van der Waals surface area contributed by atoms with Crippen molar-refractivity contribution in [1.82, 2.24) is 0 Å². The molecule has 1 atom stereocenters. The number of benzene rings is 1. The molecule has 82 valence electrons. The topological polar surface area (TPSA) is 3.24 Å². The van der Waals surface area contributed by atoms with E-state index in [2.05, 4.69) is 11.8 Å². The van der Waals surface area contributed by atoms with Gasteiger partial charge in [-0.1, -0.05) is 30.1 Å². The van der Waals surface area contributed by atoms with Crippen LogP contribution in [0.15, 0.2) is 18.2 Å². The molecule has 1 heterocycles. The number of hydrogen-bond donors (Lipinski definition) is 0. The van der Waals surface area contributed by atoms with Gasteiger partial charge in [0, 0.05) is 17.6 Å². The Labute approximate surface area is 101 Å². The lowest BCUT2D eigenvalue weighted by Crippen LogP contribution is -2.28. The minimum atomic E-state index is 0.626. The Morgan fingerprint density at radius 3 is 2.93 bits per heavy atom. The molecule has 1 saturated heterocycles. The van der Waals surface area contributed by atoms with Gasteiger partial charge in [0.05, 0.1) is 10.7 Å². The molecule has 2 rings (SSSR count). The van der Waals surface area contributed by atoms with Gasteiger partial charge in [0.25, 0.3) is 0 Å². The van der Waals surface area contributed by atoms with Gasteiger partial charge in [0.15, 0.2) is 0 Å².